The lowest BCUT2D eigenvalue weighted by molar-refractivity contribution is 0.0602. The number of hydrogen-bond donors (Lipinski definition) is 1. The number of urea groups is 1. The SMILES string of the molecule is COC(=O)c1ccccc1NC(=O)N1CCN(Cc2ccc(OC)cc2)CC1. The minimum absolute atomic E-state index is 0.208. The van der Waals surface area contributed by atoms with Gasteiger partial charge < -0.3 is 19.7 Å². The molecule has 7 nitrogen and oxygen atoms in total. The maximum Gasteiger partial charge on any atom is 0.339 e. The molecule has 1 aliphatic rings. The van der Waals surface area contributed by atoms with Gasteiger partial charge in [0.2, 0.25) is 0 Å². The van der Waals surface area contributed by atoms with Gasteiger partial charge >= 0.3 is 12.0 Å². The number of ether oxygens (including phenoxy) is 2. The van der Waals surface area contributed by atoms with Gasteiger partial charge in [-0.15, -0.1) is 0 Å². The third-order valence-corrected chi connectivity index (χ3v) is 4.80. The van der Waals surface area contributed by atoms with Crippen LogP contribution < -0.4 is 10.1 Å². The summed E-state index contributed by atoms with van der Waals surface area (Å²) in [6.07, 6.45) is 0. The van der Waals surface area contributed by atoms with Crippen molar-refractivity contribution in [1.29, 1.82) is 0 Å². The van der Waals surface area contributed by atoms with Gasteiger partial charge in [0.25, 0.3) is 0 Å². The van der Waals surface area contributed by atoms with Crippen molar-refractivity contribution >= 4 is 17.7 Å². The first kappa shape index (κ1) is 19.7. The lowest BCUT2D eigenvalue weighted by Gasteiger charge is -2.34. The van der Waals surface area contributed by atoms with Crippen LogP contribution in [0.4, 0.5) is 10.5 Å². The fourth-order valence-electron chi connectivity index (χ4n) is 3.17. The Balaban J connectivity index is 1.53. The zero-order chi connectivity index (χ0) is 19.9. The molecular weight excluding hydrogens is 358 g/mol. The molecule has 0 aliphatic carbocycles. The van der Waals surface area contributed by atoms with E-state index in [2.05, 4.69) is 22.3 Å². The molecule has 0 unspecified atom stereocenters. The number of anilines is 1. The first-order valence-electron chi connectivity index (χ1n) is 9.19. The maximum atomic E-state index is 12.6. The summed E-state index contributed by atoms with van der Waals surface area (Å²) in [6, 6.07) is 14.7. The molecular formula is C21H25N3O4. The van der Waals surface area contributed by atoms with Gasteiger partial charge in [0.1, 0.15) is 5.75 Å². The van der Waals surface area contributed by atoms with Gasteiger partial charge in [-0.3, -0.25) is 4.90 Å². The van der Waals surface area contributed by atoms with Gasteiger partial charge in [0, 0.05) is 32.7 Å². The fourth-order valence-corrected chi connectivity index (χ4v) is 3.17. The molecule has 28 heavy (non-hydrogen) atoms. The predicted octanol–water partition coefficient (Wildman–Crippen LogP) is 2.83. The van der Waals surface area contributed by atoms with E-state index >= 15 is 0 Å². The smallest absolute Gasteiger partial charge is 0.339 e. The average Bonchev–Trinajstić information content (AvgIpc) is 2.74. The highest BCUT2D eigenvalue weighted by Crippen LogP contribution is 2.18. The van der Waals surface area contributed by atoms with E-state index in [1.165, 1.54) is 12.7 Å². The molecule has 1 heterocycles. The second-order valence-electron chi connectivity index (χ2n) is 6.58. The lowest BCUT2D eigenvalue weighted by Crippen LogP contribution is -2.49. The van der Waals surface area contributed by atoms with E-state index in [1.54, 1.807) is 36.3 Å². The van der Waals surface area contributed by atoms with Crippen molar-refractivity contribution in [1.82, 2.24) is 9.80 Å². The van der Waals surface area contributed by atoms with Crippen LogP contribution in [0.5, 0.6) is 5.75 Å². The average molecular weight is 383 g/mol. The van der Waals surface area contributed by atoms with Crippen molar-refractivity contribution < 1.29 is 19.1 Å². The minimum atomic E-state index is -0.472. The maximum absolute atomic E-state index is 12.6. The molecule has 0 radical (unpaired) electrons. The first-order chi connectivity index (χ1) is 13.6. The number of methoxy groups -OCH3 is 2. The van der Waals surface area contributed by atoms with E-state index in [0.29, 0.717) is 24.3 Å². The van der Waals surface area contributed by atoms with Crippen molar-refractivity contribution in [3.05, 3.63) is 59.7 Å². The topological polar surface area (TPSA) is 71.1 Å². The fraction of sp³-hybridized carbons (Fsp3) is 0.333. The normalized spacial score (nSPS) is 14.4. The van der Waals surface area contributed by atoms with Gasteiger partial charge in [-0.25, -0.2) is 9.59 Å². The number of benzene rings is 2. The van der Waals surface area contributed by atoms with E-state index in [1.807, 2.05) is 12.1 Å². The quantitative estimate of drug-likeness (QED) is 0.804. The zero-order valence-electron chi connectivity index (χ0n) is 16.2. The summed E-state index contributed by atoms with van der Waals surface area (Å²) >= 11 is 0. The van der Waals surface area contributed by atoms with Crippen LogP contribution in [0.1, 0.15) is 15.9 Å². The highest BCUT2D eigenvalue weighted by molar-refractivity contribution is 6.00. The van der Waals surface area contributed by atoms with Crippen molar-refractivity contribution in [3.8, 4) is 5.75 Å². The van der Waals surface area contributed by atoms with Crippen LogP contribution in [0.3, 0.4) is 0 Å². The summed E-state index contributed by atoms with van der Waals surface area (Å²) in [7, 11) is 2.98. The summed E-state index contributed by atoms with van der Waals surface area (Å²) < 4.78 is 9.96. The standard InChI is InChI=1S/C21H25N3O4/c1-27-17-9-7-16(8-10-17)15-23-11-13-24(14-12-23)21(26)22-19-6-4-3-5-18(19)20(25)28-2/h3-10H,11-15H2,1-2H3,(H,22,26). The molecule has 7 heteroatoms. The second-order valence-corrected chi connectivity index (χ2v) is 6.58. The van der Waals surface area contributed by atoms with Crippen LogP contribution >= 0.6 is 0 Å². The second kappa shape index (κ2) is 9.23. The molecule has 0 atom stereocenters. The first-order valence-corrected chi connectivity index (χ1v) is 9.19. The van der Waals surface area contributed by atoms with Crippen LogP contribution in [0.15, 0.2) is 48.5 Å². The number of amides is 2. The van der Waals surface area contributed by atoms with Crippen molar-refractivity contribution in [3.63, 3.8) is 0 Å². The van der Waals surface area contributed by atoms with E-state index < -0.39 is 5.97 Å². The molecule has 2 amide bonds. The van der Waals surface area contributed by atoms with Gasteiger partial charge in [0.05, 0.1) is 25.5 Å². The third-order valence-electron chi connectivity index (χ3n) is 4.80. The van der Waals surface area contributed by atoms with Crippen LogP contribution in [0.2, 0.25) is 0 Å². The Morgan fingerprint density at radius 3 is 2.29 bits per heavy atom. The van der Waals surface area contributed by atoms with Gasteiger partial charge in [-0.05, 0) is 29.8 Å². The van der Waals surface area contributed by atoms with Crippen molar-refractivity contribution in [2.24, 2.45) is 0 Å². The molecule has 1 fully saturated rings. The zero-order valence-corrected chi connectivity index (χ0v) is 16.2. The summed E-state index contributed by atoms with van der Waals surface area (Å²) in [4.78, 5) is 28.5. The molecule has 2 aromatic rings. The Morgan fingerprint density at radius 2 is 1.64 bits per heavy atom. The minimum Gasteiger partial charge on any atom is -0.497 e. The molecule has 0 saturated carbocycles. The number of carbonyl (C=O) groups excluding carboxylic acids is 2. The molecule has 1 N–H and O–H groups in total. The Bertz CT molecular complexity index is 815. The molecule has 0 bridgehead atoms. The number of piperazine rings is 1. The molecule has 148 valence electrons. The van der Waals surface area contributed by atoms with Crippen molar-refractivity contribution in [2.45, 2.75) is 6.54 Å². The number of carbonyl (C=O) groups is 2. The van der Waals surface area contributed by atoms with Gasteiger partial charge in [-0.2, -0.15) is 0 Å². The monoisotopic (exact) mass is 383 g/mol. The highest BCUT2D eigenvalue weighted by atomic mass is 16.5. The molecule has 0 spiro atoms. The summed E-state index contributed by atoms with van der Waals surface area (Å²) in [5.41, 5.74) is 2.02. The number of esters is 1. The predicted molar refractivity (Wildman–Crippen MR) is 107 cm³/mol. The lowest BCUT2D eigenvalue weighted by atomic mass is 10.2. The molecule has 3 rings (SSSR count). The molecule has 1 aliphatic heterocycles. The van der Waals surface area contributed by atoms with Crippen LogP contribution in [-0.4, -0.2) is 62.2 Å². The number of para-hydroxylation sites is 1. The summed E-state index contributed by atoms with van der Waals surface area (Å²) in [5, 5.41) is 2.83. The summed E-state index contributed by atoms with van der Waals surface area (Å²) in [6.45, 7) is 3.67. The molecule has 0 aromatic heterocycles. The van der Waals surface area contributed by atoms with E-state index in [0.717, 1.165) is 25.4 Å². The Kier molecular flexibility index (Phi) is 6.49. The van der Waals surface area contributed by atoms with Crippen LogP contribution in [-0.2, 0) is 11.3 Å². The van der Waals surface area contributed by atoms with E-state index in [4.69, 9.17) is 9.47 Å². The third kappa shape index (κ3) is 4.80. The largest absolute Gasteiger partial charge is 0.497 e. The van der Waals surface area contributed by atoms with Crippen LogP contribution in [0, 0.1) is 0 Å². The number of nitrogens with one attached hydrogen (secondary N) is 1. The number of rotatable bonds is 5. The van der Waals surface area contributed by atoms with E-state index in [9.17, 15) is 9.59 Å². The number of nitrogens with zero attached hydrogens (tertiary/aromatic N) is 2. The highest BCUT2D eigenvalue weighted by Gasteiger charge is 2.22. The molecule has 1 saturated heterocycles. The van der Waals surface area contributed by atoms with Gasteiger partial charge in [-0.1, -0.05) is 24.3 Å². The summed E-state index contributed by atoms with van der Waals surface area (Å²) in [5.74, 6) is 0.373. The van der Waals surface area contributed by atoms with E-state index in [-0.39, 0.29) is 6.03 Å². The van der Waals surface area contributed by atoms with Crippen LogP contribution in [0.25, 0.3) is 0 Å². The Labute approximate surface area is 164 Å². The Morgan fingerprint density at radius 1 is 0.964 bits per heavy atom. The molecule has 2 aromatic carbocycles. The van der Waals surface area contributed by atoms with Gasteiger partial charge in [0.15, 0.2) is 0 Å². The van der Waals surface area contributed by atoms with Crippen molar-refractivity contribution in [2.75, 3.05) is 45.7 Å². The number of hydrogen-bond acceptors (Lipinski definition) is 5. The Hall–Kier alpha value is -3.06.